The van der Waals surface area contributed by atoms with Gasteiger partial charge in [0.2, 0.25) is 11.6 Å². The molecule has 4 N–H and O–H groups in total. The molecular weight excluding hydrogens is 226 g/mol. The number of hydrogen-bond acceptors (Lipinski definition) is 6. The van der Waals surface area contributed by atoms with E-state index >= 15 is 0 Å². The number of nitro groups is 1. The van der Waals surface area contributed by atoms with Crippen LogP contribution in [0, 0.1) is 17.0 Å². The van der Waals surface area contributed by atoms with E-state index in [2.05, 4.69) is 10.3 Å². The van der Waals surface area contributed by atoms with Crippen LogP contribution in [0.2, 0.25) is 0 Å². The van der Waals surface area contributed by atoms with Gasteiger partial charge in [-0.05, 0) is 16.8 Å². The number of nitrogens with two attached hydrogens (primary N) is 1. The Labute approximate surface area is 98.6 Å². The first-order chi connectivity index (χ1) is 7.84. The molecule has 0 bridgehead atoms. The predicted molar refractivity (Wildman–Crippen MR) is 62.7 cm³/mol. The number of aliphatic hydroxyl groups is 1. The summed E-state index contributed by atoms with van der Waals surface area (Å²) in [5.41, 5.74) is 5.64. The fourth-order valence-corrected chi connectivity index (χ4v) is 1.30. The number of rotatable bonds is 5. The molecule has 8 nitrogen and oxygen atoms in total. The molecule has 0 saturated heterocycles. The molecule has 2 unspecified atom stereocenters. The molecule has 0 aliphatic heterocycles. The zero-order valence-corrected chi connectivity index (χ0v) is 10.0. The fraction of sp³-hybridized carbons (Fsp3) is 0.667. The van der Waals surface area contributed by atoms with Gasteiger partial charge in [-0.1, -0.05) is 0 Å². The highest BCUT2D eigenvalue weighted by Crippen LogP contribution is 2.23. The monoisotopic (exact) mass is 243 g/mol. The van der Waals surface area contributed by atoms with Crippen molar-refractivity contribution in [3.63, 3.8) is 0 Å². The van der Waals surface area contributed by atoms with Gasteiger partial charge < -0.3 is 26.3 Å². The quantitative estimate of drug-likeness (QED) is 0.485. The van der Waals surface area contributed by atoms with Crippen LogP contribution in [0.25, 0.3) is 0 Å². The molecule has 96 valence electrons. The van der Waals surface area contributed by atoms with E-state index in [9.17, 15) is 15.2 Å². The van der Waals surface area contributed by atoms with Gasteiger partial charge in [0.05, 0.1) is 6.10 Å². The molecule has 17 heavy (non-hydrogen) atoms. The molecule has 1 aromatic rings. The lowest BCUT2D eigenvalue weighted by molar-refractivity contribution is -0.388. The van der Waals surface area contributed by atoms with Gasteiger partial charge in [0, 0.05) is 26.6 Å². The number of aryl methyl sites for hydroxylation is 1. The van der Waals surface area contributed by atoms with Crippen molar-refractivity contribution in [3.05, 3.63) is 15.9 Å². The molecule has 0 aliphatic carbocycles. The minimum absolute atomic E-state index is 0.234. The first kappa shape index (κ1) is 13.4. The summed E-state index contributed by atoms with van der Waals surface area (Å²) in [7, 11) is 1.67. The van der Waals surface area contributed by atoms with Gasteiger partial charge >= 0.3 is 5.82 Å². The number of aromatic nitrogens is 2. The molecule has 0 fully saturated rings. The van der Waals surface area contributed by atoms with E-state index in [-0.39, 0.29) is 12.4 Å². The van der Waals surface area contributed by atoms with Crippen molar-refractivity contribution in [2.24, 2.45) is 12.8 Å². The second kappa shape index (κ2) is 5.11. The van der Waals surface area contributed by atoms with Crippen LogP contribution >= 0.6 is 0 Å². The molecule has 2 atom stereocenters. The van der Waals surface area contributed by atoms with Crippen LogP contribution in [0.1, 0.15) is 12.7 Å². The van der Waals surface area contributed by atoms with Crippen molar-refractivity contribution in [2.75, 3.05) is 11.9 Å². The first-order valence-corrected chi connectivity index (χ1v) is 5.19. The maximum absolute atomic E-state index is 10.8. The zero-order valence-electron chi connectivity index (χ0n) is 10.0. The molecule has 0 aromatic carbocycles. The molecule has 8 heteroatoms. The van der Waals surface area contributed by atoms with E-state index in [4.69, 9.17) is 5.73 Å². The van der Waals surface area contributed by atoms with Crippen molar-refractivity contribution in [2.45, 2.75) is 26.0 Å². The summed E-state index contributed by atoms with van der Waals surface area (Å²) in [4.78, 5) is 14.1. The summed E-state index contributed by atoms with van der Waals surface area (Å²) >= 11 is 0. The average Bonchev–Trinajstić information content (AvgIpc) is 2.52. The summed E-state index contributed by atoms with van der Waals surface area (Å²) < 4.78 is 1.58. The van der Waals surface area contributed by atoms with Gasteiger partial charge in [0.15, 0.2) is 0 Å². The number of aliphatic hydroxyl groups excluding tert-OH is 1. The minimum Gasteiger partial charge on any atom is -0.392 e. The van der Waals surface area contributed by atoms with Crippen molar-refractivity contribution >= 4 is 11.6 Å². The van der Waals surface area contributed by atoms with Gasteiger partial charge in [-0.25, -0.2) is 0 Å². The third-order valence-electron chi connectivity index (χ3n) is 2.60. The van der Waals surface area contributed by atoms with Crippen LogP contribution in [0.5, 0.6) is 0 Å². The number of nitrogens with one attached hydrogen (secondary N) is 1. The second-order valence-corrected chi connectivity index (χ2v) is 3.93. The van der Waals surface area contributed by atoms with E-state index in [0.717, 1.165) is 0 Å². The topological polar surface area (TPSA) is 119 Å². The SMILES string of the molecule is Cc1nc([N+](=O)[O-])c(NCC(N)C(C)O)n1C. The maximum atomic E-state index is 10.8. The number of hydrogen-bond donors (Lipinski definition) is 3. The second-order valence-electron chi connectivity index (χ2n) is 3.93. The standard InChI is InChI=1S/C9H17N5O3/c1-5(15)7(10)4-11-8-9(14(16)17)12-6(2)13(8)3/h5,7,11,15H,4,10H2,1-3H3. The maximum Gasteiger partial charge on any atom is 0.406 e. The van der Waals surface area contributed by atoms with Crippen LogP contribution in [0.15, 0.2) is 0 Å². The summed E-state index contributed by atoms with van der Waals surface area (Å²) in [6.07, 6.45) is -0.684. The van der Waals surface area contributed by atoms with Gasteiger partial charge in [0.25, 0.3) is 0 Å². The Balaban J connectivity index is 2.86. The molecule has 0 aliphatic rings. The van der Waals surface area contributed by atoms with Crippen LogP contribution in [0.4, 0.5) is 11.6 Å². The average molecular weight is 243 g/mol. The number of imidazole rings is 1. The Morgan fingerprint density at radius 3 is 2.76 bits per heavy atom. The third-order valence-corrected chi connectivity index (χ3v) is 2.60. The van der Waals surface area contributed by atoms with E-state index in [1.807, 2.05) is 0 Å². The molecular formula is C9H17N5O3. The van der Waals surface area contributed by atoms with Gasteiger partial charge in [-0.15, -0.1) is 0 Å². The lowest BCUT2D eigenvalue weighted by Crippen LogP contribution is -2.39. The molecule has 1 heterocycles. The van der Waals surface area contributed by atoms with Crippen molar-refractivity contribution in [3.8, 4) is 0 Å². The van der Waals surface area contributed by atoms with Gasteiger partial charge in [-0.3, -0.25) is 4.57 Å². The van der Waals surface area contributed by atoms with Crippen molar-refractivity contribution in [1.29, 1.82) is 0 Å². The van der Waals surface area contributed by atoms with E-state index in [1.165, 1.54) is 0 Å². The van der Waals surface area contributed by atoms with Crippen LogP contribution in [-0.2, 0) is 7.05 Å². The summed E-state index contributed by atoms with van der Waals surface area (Å²) in [5.74, 6) is 0.594. The van der Waals surface area contributed by atoms with E-state index in [0.29, 0.717) is 11.6 Å². The number of anilines is 1. The largest absolute Gasteiger partial charge is 0.406 e. The van der Waals surface area contributed by atoms with Crippen LogP contribution < -0.4 is 11.1 Å². The number of nitrogens with zero attached hydrogens (tertiary/aromatic N) is 3. The molecule has 0 saturated carbocycles. The molecule has 1 rings (SSSR count). The molecule has 0 radical (unpaired) electrons. The zero-order chi connectivity index (χ0) is 13.2. The van der Waals surface area contributed by atoms with Crippen molar-refractivity contribution < 1.29 is 10.0 Å². The van der Waals surface area contributed by atoms with Crippen LogP contribution in [-0.4, -0.2) is 38.3 Å². The normalized spacial score (nSPS) is 14.4. The Morgan fingerprint density at radius 1 is 1.71 bits per heavy atom. The Bertz CT molecular complexity index is 415. The Morgan fingerprint density at radius 2 is 2.29 bits per heavy atom. The highest BCUT2D eigenvalue weighted by atomic mass is 16.6. The summed E-state index contributed by atoms with van der Waals surface area (Å²) in [6.45, 7) is 3.47. The smallest absolute Gasteiger partial charge is 0.392 e. The fourth-order valence-electron chi connectivity index (χ4n) is 1.30. The Kier molecular flexibility index (Phi) is 4.02. The first-order valence-electron chi connectivity index (χ1n) is 5.19. The van der Waals surface area contributed by atoms with E-state index in [1.54, 1.807) is 25.5 Å². The minimum atomic E-state index is -0.684. The van der Waals surface area contributed by atoms with Gasteiger partial charge in [-0.2, -0.15) is 0 Å². The summed E-state index contributed by atoms with van der Waals surface area (Å²) in [5, 5.41) is 22.8. The summed E-state index contributed by atoms with van der Waals surface area (Å²) in [6, 6.07) is -0.496. The highest BCUT2D eigenvalue weighted by molar-refractivity contribution is 5.53. The van der Waals surface area contributed by atoms with Crippen LogP contribution in [0.3, 0.4) is 0 Å². The van der Waals surface area contributed by atoms with Crippen molar-refractivity contribution in [1.82, 2.24) is 9.55 Å². The lowest BCUT2D eigenvalue weighted by Gasteiger charge is -2.15. The Hall–Kier alpha value is -1.67. The van der Waals surface area contributed by atoms with Gasteiger partial charge in [0.1, 0.15) is 0 Å². The molecule has 1 aromatic heterocycles. The predicted octanol–water partition coefficient (Wildman–Crippen LogP) is -0.243. The molecule has 0 spiro atoms. The lowest BCUT2D eigenvalue weighted by atomic mass is 10.2. The highest BCUT2D eigenvalue weighted by Gasteiger charge is 2.24. The van der Waals surface area contributed by atoms with E-state index < -0.39 is 17.1 Å². The third kappa shape index (κ3) is 2.92. The molecule has 0 amide bonds.